The first kappa shape index (κ1) is 18.6. The molecule has 0 aliphatic carbocycles. The van der Waals surface area contributed by atoms with Gasteiger partial charge in [-0.1, -0.05) is 13.3 Å². The molecule has 2 aromatic heterocycles. The number of aryl methyl sites for hydroxylation is 2. The lowest BCUT2D eigenvalue weighted by molar-refractivity contribution is 0.0578. The Labute approximate surface area is 163 Å². The molecular formula is C20H28N4O2S. The average Bonchev–Trinajstić information content (AvgIpc) is 2.82. The first-order valence-electron chi connectivity index (χ1n) is 10.0. The molecule has 0 radical (unpaired) electrons. The van der Waals surface area contributed by atoms with Crippen molar-refractivity contribution in [1.29, 1.82) is 0 Å². The van der Waals surface area contributed by atoms with Crippen molar-refractivity contribution >= 4 is 27.5 Å². The summed E-state index contributed by atoms with van der Waals surface area (Å²) in [5.41, 5.74) is 6.75. The zero-order chi connectivity index (χ0) is 19.1. The molecule has 0 saturated carbocycles. The molecule has 2 aromatic rings. The molecule has 2 unspecified atom stereocenters. The molecule has 2 aliphatic heterocycles. The lowest BCUT2D eigenvalue weighted by atomic mass is 9.92. The average molecular weight is 389 g/mol. The van der Waals surface area contributed by atoms with E-state index >= 15 is 0 Å². The number of likely N-dealkylation sites (tertiary alicyclic amines) is 1. The smallest absolute Gasteiger partial charge is 0.264 e. The van der Waals surface area contributed by atoms with Crippen LogP contribution in [-0.4, -0.2) is 39.5 Å². The van der Waals surface area contributed by atoms with E-state index in [-0.39, 0.29) is 17.5 Å². The Balaban J connectivity index is 1.77. The molecular weight excluding hydrogens is 360 g/mol. The second kappa shape index (κ2) is 7.36. The molecule has 7 heteroatoms. The van der Waals surface area contributed by atoms with Crippen LogP contribution in [0.25, 0.3) is 10.2 Å². The maximum atomic E-state index is 13.3. The summed E-state index contributed by atoms with van der Waals surface area (Å²) in [6.45, 7) is 6.05. The number of rotatable bonds is 2. The molecule has 4 heterocycles. The van der Waals surface area contributed by atoms with Gasteiger partial charge in [-0.15, -0.1) is 11.3 Å². The monoisotopic (exact) mass is 388 g/mol. The Morgan fingerprint density at radius 3 is 2.89 bits per heavy atom. The third-order valence-electron chi connectivity index (χ3n) is 6.12. The van der Waals surface area contributed by atoms with Crippen LogP contribution in [0.2, 0.25) is 0 Å². The van der Waals surface area contributed by atoms with Gasteiger partial charge in [0.05, 0.1) is 10.3 Å². The number of aromatic nitrogens is 2. The number of carbonyl (C=O) groups excluding carboxylic acids is 1. The lowest BCUT2D eigenvalue weighted by Crippen LogP contribution is -2.49. The zero-order valence-corrected chi connectivity index (χ0v) is 17.0. The molecule has 6 nitrogen and oxygen atoms in total. The number of hydrogen-bond donors (Lipinski definition) is 1. The Bertz CT molecular complexity index is 932. The Hall–Kier alpha value is -1.73. The second-order valence-electron chi connectivity index (χ2n) is 8.05. The summed E-state index contributed by atoms with van der Waals surface area (Å²) in [7, 11) is 0. The van der Waals surface area contributed by atoms with Crippen molar-refractivity contribution < 1.29 is 4.79 Å². The van der Waals surface area contributed by atoms with E-state index in [1.165, 1.54) is 11.3 Å². The highest BCUT2D eigenvalue weighted by Gasteiger charge is 2.32. The van der Waals surface area contributed by atoms with Crippen LogP contribution in [0.15, 0.2) is 4.79 Å². The van der Waals surface area contributed by atoms with E-state index in [9.17, 15) is 9.59 Å². The molecule has 4 rings (SSSR count). The molecule has 2 N–H and O–H groups in total. The number of piperidine rings is 1. The standard InChI is InChI=1S/C20H28N4O2S/c1-12-7-9-23(14(10-12)11-21)20(26)17-13(2)16-18(27-17)22-15-6-4-3-5-8-24(15)19(16)25/h12,14H,3-11,21H2,1-2H3. The maximum Gasteiger partial charge on any atom is 0.264 e. The van der Waals surface area contributed by atoms with Crippen LogP contribution in [0, 0.1) is 12.8 Å². The van der Waals surface area contributed by atoms with Crippen molar-refractivity contribution in [2.45, 2.75) is 65.0 Å². The van der Waals surface area contributed by atoms with Crippen molar-refractivity contribution in [3.63, 3.8) is 0 Å². The minimum absolute atomic E-state index is 0.0115. The Morgan fingerprint density at radius 2 is 2.11 bits per heavy atom. The van der Waals surface area contributed by atoms with Crippen LogP contribution in [0.3, 0.4) is 0 Å². The summed E-state index contributed by atoms with van der Waals surface area (Å²) in [6, 6.07) is 0.0802. The number of fused-ring (bicyclic) bond motifs is 2. The topological polar surface area (TPSA) is 81.2 Å². The summed E-state index contributed by atoms with van der Waals surface area (Å²) in [4.78, 5) is 34.5. The number of thiophene rings is 1. The first-order chi connectivity index (χ1) is 13.0. The van der Waals surface area contributed by atoms with Crippen LogP contribution >= 0.6 is 11.3 Å². The van der Waals surface area contributed by atoms with Crippen LogP contribution in [0.5, 0.6) is 0 Å². The number of nitrogens with two attached hydrogens (primary N) is 1. The van der Waals surface area contributed by atoms with Gasteiger partial charge in [0.15, 0.2) is 0 Å². The largest absolute Gasteiger partial charge is 0.334 e. The van der Waals surface area contributed by atoms with Crippen LogP contribution in [-0.2, 0) is 13.0 Å². The van der Waals surface area contributed by atoms with E-state index in [0.29, 0.717) is 27.6 Å². The fourth-order valence-corrected chi connectivity index (χ4v) is 5.63. The van der Waals surface area contributed by atoms with Crippen molar-refractivity contribution in [2.75, 3.05) is 13.1 Å². The highest BCUT2D eigenvalue weighted by Crippen LogP contribution is 2.32. The minimum atomic E-state index is 0.0115. The predicted octanol–water partition coefficient (Wildman–Crippen LogP) is 2.69. The van der Waals surface area contributed by atoms with Gasteiger partial charge in [-0.3, -0.25) is 14.2 Å². The van der Waals surface area contributed by atoms with Crippen LogP contribution < -0.4 is 11.3 Å². The van der Waals surface area contributed by atoms with Crippen molar-refractivity contribution in [3.05, 3.63) is 26.6 Å². The van der Waals surface area contributed by atoms with Crippen molar-refractivity contribution in [1.82, 2.24) is 14.5 Å². The summed E-state index contributed by atoms with van der Waals surface area (Å²) in [5, 5.41) is 0.628. The van der Waals surface area contributed by atoms with Gasteiger partial charge in [-0.2, -0.15) is 0 Å². The Kier molecular flexibility index (Phi) is 5.07. The summed E-state index contributed by atoms with van der Waals surface area (Å²) < 4.78 is 1.83. The highest BCUT2D eigenvalue weighted by atomic mass is 32.1. The van der Waals surface area contributed by atoms with Crippen LogP contribution in [0.1, 0.15) is 60.1 Å². The van der Waals surface area contributed by atoms with Crippen molar-refractivity contribution in [2.24, 2.45) is 11.7 Å². The van der Waals surface area contributed by atoms with Gasteiger partial charge in [0.25, 0.3) is 11.5 Å². The summed E-state index contributed by atoms with van der Waals surface area (Å²) in [5.74, 6) is 1.47. The number of nitrogens with zero attached hydrogens (tertiary/aromatic N) is 3. The molecule has 0 bridgehead atoms. The summed E-state index contributed by atoms with van der Waals surface area (Å²) in [6.07, 6.45) is 6.00. The number of amides is 1. The SMILES string of the molecule is Cc1c(C(=O)N2CCC(C)CC2CN)sc2nc3n(c(=O)c12)CCCCC3. The van der Waals surface area contributed by atoms with E-state index < -0.39 is 0 Å². The van der Waals surface area contributed by atoms with Gasteiger partial charge in [-0.05, 0) is 44.1 Å². The second-order valence-corrected chi connectivity index (χ2v) is 9.05. The van der Waals surface area contributed by atoms with Gasteiger partial charge in [-0.25, -0.2) is 4.98 Å². The molecule has 1 fully saturated rings. The molecule has 1 amide bonds. The molecule has 146 valence electrons. The molecule has 2 aliphatic rings. The number of carbonyl (C=O) groups is 1. The first-order valence-corrected chi connectivity index (χ1v) is 10.9. The number of hydrogen-bond acceptors (Lipinski definition) is 5. The van der Waals surface area contributed by atoms with Crippen molar-refractivity contribution in [3.8, 4) is 0 Å². The summed E-state index contributed by atoms with van der Waals surface area (Å²) >= 11 is 1.38. The molecule has 2 atom stereocenters. The lowest BCUT2D eigenvalue weighted by Gasteiger charge is -2.37. The fraction of sp³-hybridized carbons (Fsp3) is 0.650. The van der Waals surface area contributed by atoms with E-state index in [2.05, 4.69) is 6.92 Å². The molecule has 1 saturated heterocycles. The zero-order valence-electron chi connectivity index (χ0n) is 16.2. The van der Waals surface area contributed by atoms with Gasteiger partial charge in [0, 0.05) is 32.1 Å². The fourth-order valence-electron chi connectivity index (χ4n) is 4.49. The molecule has 27 heavy (non-hydrogen) atoms. The van der Waals surface area contributed by atoms with Gasteiger partial charge in [0.2, 0.25) is 0 Å². The maximum absolute atomic E-state index is 13.3. The Morgan fingerprint density at radius 1 is 1.30 bits per heavy atom. The quantitative estimate of drug-likeness (QED) is 0.858. The minimum Gasteiger partial charge on any atom is -0.334 e. The molecule has 0 spiro atoms. The van der Waals surface area contributed by atoms with E-state index in [4.69, 9.17) is 10.7 Å². The predicted molar refractivity (Wildman–Crippen MR) is 108 cm³/mol. The van der Waals surface area contributed by atoms with Gasteiger partial charge >= 0.3 is 0 Å². The van der Waals surface area contributed by atoms with E-state index in [1.807, 2.05) is 16.4 Å². The van der Waals surface area contributed by atoms with Gasteiger partial charge in [0.1, 0.15) is 10.7 Å². The third kappa shape index (κ3) is 3.21. The van der Waals surface area contributed by atoms with E-state index in [0.717, 1.165) is 63.0 Å². The van der Waals surface area contributed by atoms with Crippen LogP contribution in [0.4, 0.5) is 0 Å². The normalized spacial score (nSPS) is 23.3. The highest BCUT2D eigenvalue weighted by molar-refractivity contribution is 7.20. The molecule has 0 aromatic carbocycles. The van der Waals surface area contributed by atoms with Gasteiger partial charge < -0.3 is 10.6 Å². The van der Waals surface area contributed by atoms with E-state index in [1.54, 1.807) is 0 Å². The third-order valence-corrected chi connectivity index (χ3v) is 7.29.